The average Bonchev–Trinajstić information content (AvgIpc) is 3.52. The van der Waals surface area contributed by atoms with Crippen LogP contribution in [0.25, 0.3) is 16.8 Å². The summed E-state index contributed by atoms with van der Waals surface area (Å²) in [6.07, 6.45) is 9.54. The van der Waals surface area contributed by atoms with Crippen LogP contribution in [-0.4, -0.2) is 48.4 Å². The topological polar surface area (TPSA) is 78.1 Å². The van der Waals surface area contributed by atoms with Crippen molar-refractivity contribution in [2.45, 2.75) is 19.7 Å². The van der Waals surface area contributed by atoms with Gasteiger partial charge in [-0.05, 0) is 42.8 Å². The van der Waals surface area contributed by atoms with E-state index >= 15 is 0 Å². The molecule has 1 unspecified atom stereocenters. The minimum absolute atomic E-state index is 0.189. The molecular weight excluding hydrogens is 423 g/mol. The van der Waals surface area contributed by atoms with E-state index in [2.05, 4.69) is 15.3 Å². The second-order valence-electron chi connectivity index (χ2n) is 7.72. The Morgan fingerprint density at radius 2 is 1.88 bits per heavy atom. The summed E-state index contributed by atoms with van der Waals surface area (Å²) >= 11 is 0. The van der Waals surface area contributed by atoms with Gasteiger partial charge < -0.3 is 4.74 Å². The molecule has 166 valence electrons. The van der Waals surface area contributed by atoms with Crippen LogP contribution in [0.2, 0.25) is 0 Å². The maximum atomic E-state index is 13.6. The van der Waals surface area contributed by atoms with Crippen molar-refractivity contribution in [3.8, 4) is 16.8 Å². The molecular formula is C24H21FN6O2. The highest BCUT2D eigenvalue weighted by Crippen LogP contribution is 2.23. The third-order valence-electron chi connectivity index (χ3n) is 5.41. The van der Waals surface area contributed by atoms with Crippen molar-refractivity contribution in [3.63, 3.8) is 0 Å². The number of rotatable bonds is 5. The van der Waals surface area contributed by atoms with Crippen molar-refractivity contribution in [1.82, 2.24) is 29.7 Å². The fourth-order valence-corrected chi connectivity index (χ4v) is 3.75. The van der Waals surface area contributed by atoms with E-state index in [1.54, 1.807) is 52.6 Å². The van der Waals surface area contributed by atoms with Gasteiger partial charge in [-0.2, -0.15) is 20.1 Å². The summed E-state index contributed by atoms with van der Waals surface area (Å²) in [4.78, 5) is 16.7. The molecule has 0 saturated carbocycles. The van der Waals surface area contributed by atoms with Gasteiger partial charge in [-0.3, -0.25) is 14.4 Å². The van der Waals surface area contributed by atoms with E-state index < -0.39 is 6.23 Å². The number of nitrogens with zero attached hydrogens (tertiary/aromatic N) is 6. The number of halogens is 1. The molecule has 0 spiro atoms. The Morgan fingerprint density at radius 3 is 2.67 bits per heavy atom. The van der Waals surface area contributed by atoms with Gasteiger partial charge in [0.25, 0.3) is 5.91 Å². The van der Waals surface area contributed by atoms with E-state index in [1.807, 2.05) is 31.3 Å². The quantitative estimate of drug-likeness (QED) is 0.470. The first-order valence-corrected chi connectivity index (χ1v) is 10.5. The van der Waals surface area contributed by atoms with Crippen LogP contribution in [0.3, 0.4) is 0 Å². The van der Waals surface area contributed by atoms with Crippen LogP contribution in [-0.2, 0) is 11.3 Å². The largest absolute Gasteiger partial charge is 0.476 e. The fourth-order valence-electron chi connectivity index (χ4n) is 3.75. The van der Waals surface area contributed by atoms with Crippen LogP contribution >= 0.6 is 0 Å². The van der Waals surface area contributed by atoms with Gasteiger partial charge in [-0.25, -0.2) is 4.39 Å². The van der Waals surface area contributed by atoms with Crippen molar-refractivity contribution in [2.24, 2.45) is 0 Å². The smallest absolute Gasteiger partial charge is 0.259 e. The number of aromatic nitrogens is 5. The molecule has 1 aliphatic heterocycles. The van der Waals surface area contributed by atoms with E-state index in [-0.39, 0.29) is 11.7 Å². The van der Waals surface area contributed by atoms with Gasteiger partial charge >= 0.3 is 0 Å². The molecule has 0 bridgehead atoms. The molecule has 0 N–H and O–H groups in total. The first-order chi connectivity index (χ1) is 16.1. The van der Waals surface area contributed by atoms with Gasteiger partial charge in [0.15, 0.2) is 6.23 Å². The summed E-state index contributed by atoms with van der Waals surface area (Å²) in [5.41, 5.74) is 3.75. The number of carbonyl (C=O) groups is 1. The minimum Gasteiger partial charge on any atom is -0.476 e. The normalized spacial score (nSPS) is 15.5. The van der Waals surface area contributed by atoms with Crippen LogP contribution in [0, 0.1) is 12.7 Å². The Labute approximate surface area is 189 Å². The van der Waals surface area contributed by atoms with Gasteiger partial charge in [-0.15, -0.1) is 0 Å². The van der Waals surface area contributed by atoms with Gasteiger partial charge in [-0.1, -0.05) is 23.8 Å². The van der Waals surface area contributed by atoms with Crippen molar-refractivity contribution in [3.05, 3.63) is 96.5 Å². The van der Waals surface area contributed by atoms with E-state index in [0.717, 1.165) is 16.7 Å². The number of hydrogen-bond acceptors (Lipinski definition) is 5. The van der Waals surface area contributed by atoms with Crippen molar-refractivity contribution in [1.29, 1.82) is 0 Å². The molecule has 2 aromatic carbocycles. The molecule has 0 aliphatic carbocycles. The SMILES string of the molecule is Cc1ccc(-n2nccn2)c(C(=O)N2CC=COC2Cn2cc(-c3ccc(F)cc3)cn2)c1. The van der Waals surface area contributed by atoms with Crippen LogP contribution in [0.15, 0.2) is 79.6 Å². The molecule has 1 atom stereocenters. The molecule has 33 heavy (non-hydrogen) atoms. The molecule has 1 aliphatic rings. The third-order valence-corrected chi connectivity index (χ3v) is 5.41. The third kappa shape index (κ3) is 4.25. The Morgan fingerprint density at radius 1 is 1.09 bits per heavy atom. The van der Waals surface area contributed by atoms with Crippen molar-refractivity contribution in [2.75, 3.05) is 6.54 Å². The summed E-state index contributed by atoms with van der Waals surface area (Å²) in [5, 5.41) is 12.8. The van der Waals surface area contributed by atoms with Crippen LogP contribution < -0.4 is 0 Å². The second kappa shape index (κ2) is 8.70. The highest BCUT2D eigenvalue weighted by molar-refractivity contribution is 5.98. The average molecular weight is 444 g/mol. The summed E-state index contributed by atoms with van der Waals surface area (Å²) in [6.45, 7) is 2.66. The lowest BCUT2D eigenvalue weighted by molar-refractivity contribution is -0.0175. The molecule has 3 heterocycles. The number of aryl methyl sites for hydroxylation is 1. The lowest BCUT2D eigenvalue weighted by Crippen LogP contribution is -2.46. The Hall–Kier alpha value is -4.27. The zero-order valence-electron chi connectivity index (χ0n) is 17.9. The number of amides is 1. The fraction of sp³-hybridized carbons (Fsp3) is 0.167. The van der Waals surface area contributed by atoms with E-state index in [1.165, 1.54) is 16.9 Å². The molecule has 8 nitrogen and oxygen atoms in total. The number of hydrogen-bond donors (Lipinski definition) is 0. The first-order valence-electron chi connectivity index (χ1n) is 10.5. The van der Waals surface area contributed by atoms with Gasteiger partial charge in [0.1, 0.15) is 5.82 Å². The zero-order chi connectivity index (χ0) is 22.8. The maximum absolute atomic E-state index is 13.6. The Balaban J connectivity index is 1.40. The van der Waals surface area contributed by atoms with E-state index in [4.69, 9.17) is 4.74 Å². The monoisotopic (exact) mass is 444 g/mol. The summed E-state index contributed by atoms with van der Waals surface area (Å²) in [7, 11) is 0. The highest BCUT2D eigenvalue weighted by Gasteiger charge is 2.29. The predicted octanol–water partition coefficient (Wildman–Crippen LogP) is 3.59. The Kier molecular flexibility index (Phi) is 5.43. The van der Waals surface area contributed by atoms with Gasteiger partial charge in [0.05, 0.1) is 42.6 Å². The Bertz CT molecular complexity index is 1300. The van der Waals surface area contributed by atoms with Crippen LogP contribution in [0.5, 0.6) is 0 Å². The van der Waals surface area contributed by atoms with E-state index in [0.29, 0.717) is 24.3 Å². The zero-order valence-corrected chi connectivity index (χ0v) is 17.9. The van der Waals surface area contributed by atoms with Crippen molar-refractivity contribution >= 4 is 5.91 Å². The molecule has 0 radical (unpaired) electrons. The minimum atomic E-state index is -0.553. The van der Waals surface area contributed by atoms with Gasteiger partial charge in [0, 0.05) is 18.3 Å². The molecule has 0 saturated heterocycles. The maximum Gasteiger partial charge on any atom is 0.259 e. The molecule has 4 aromatic rings. The van der Waals surface area contributed by atoms with Crippen molar-refractivity contribution < 1.29 is 13.9 Å². The van der Waals surface area contributed by atoms with Gasteiger partial charge in [0.2, 0.25) is 0 Å². The standard InChI is InChI=1S/C24H21FN6O2/c1-17-3-8-22(31-26-9-10-27-31)21(13-17)24(32)30-11-2-12-33-23(30)16-29-15-19(14-28-29)18-4-6-20(25)7-5-18/h2-10,12-15,23H,11,16H2,1H3. The highest BCUT2D eigenvalue weighted by atomic mass is 19.1. The molecule has 0 fully saturated rings. The lowest BCUT2D eigenvalue weighted by atomic mass is 10.1. The molecule has 2 aromatic heterocycles. The molecule has 9 heteroatoms. The summed E-state index contributed by atoms with van der Waals surface area (Å²) in [5.74, 6) is -0.477. The predicted molar refractivity (Wildman–Crippen MR) is 119 cm³/mol. The number of benzene rings is 2. The second-order valence-corrected chi connectivity index (χ2v) is 7.72. The molecule has 5 rings (SSSR count). The lowest BCUT2D eigenvalue weighted by Gasteiger charge is -2.33. The van der Waals surface area contributed by atoms with Crippen LogP contribution in [0.4, 0.5) is 4.39 Å². The molecule has 1 amide bonds. The first kappa shape index (κ1) is 20.6. The van der Waals surface area contributed by atoms with E-state index in [9.17, 15) is 9.18 Å². The summed E-state index contributed by atoms with van der Waals surface area (Å²) in [6, 6.07) is 11.8. The number of ether oxygens (including phenoxy) is 1. The number of carbonyl (C=O) groups excluding carboxylic acids is 1. The van der Waals surface area contributed by atoms with Crippen LogP contribution in [0.1, 0.15) is 15.9 Å². The summed E-state index contributed by atoms with van der Waals surface area (Å²) < 4.78 is 20.7.